The van der Waals surface area contributed by atoms with Crippen LogP contribution in [0.5, 0.6) is 5.75 Å². The van der Waals surface area contributed by atoms with Crippen molar-refractivity contribution in [2.75, 3.05) is 20.3 Å². The van der Waals surface area contributed by atoms with Gasteiger partial charge in [-0.1, -0.05) is 24.3 Å². The number of hydrogen-bond acceptors (Lipinski definition) is 4. The Balaban J connectivity index is 2.00. The van der Waals surface area contributed by atoms with Gasteiger partial charge in [0.2, 0.25) is 0 Å². The van der Waals surface area contributed by atoms with Crippen molar-refractivity contribution >= 4 is 0 Å². The fraction of sp³-hybridized carbons (Fsp3) is 0.353. The van der Waals surface area contributed by atoms with Crippen LogP contribution in [0.25, 0.3) is 0 Å². The molecule has 0 fully saturated rings. The molecule has 0 aliphatic carbocycles. The first-order valence-corrected chi connectivity index (χ1v) is 7.12. The first kappa shape index (κ1) is 15.5. The average molecular weight is 286 g/mol. The third kappa shape index (κ3) is 4.85. The molecule has 1 aromatic carbocycles. The predicted molar refractivity (Wildman–Crippen MR) is 83.3 cm³/mol. The summed E-state index contributed by atoms with van der Waals surface area (Å²) in [5.74, 6) is 0.938. The zero-order valence-electron chi connectivity index (χ0n) is 12.6. The quantitative estimate of drug-likeness (QED) is 0.758. The second-order valence-corrected chi connectivity index (χ2v) is 4.84. The molecule has 0 spiro atoms. The molecule has 4 nitrogen and oxygen atoms in total. The first-order valence-electron chi connectivity index (χ1n) is 7.12. The molecule has 0 aliphatic rings. The number of rotatable bonds is 8. The highest BCUT2D eigenvalue weighted by Gasteiger charge is 2.07. The summed E-state index contributed by atoms with van der Waals surface area (Å²) in [4.78, 5) is 4.28. The van der Waals surface area contributed by atoms with Gasteiger partial charge in [-0.05, 0) is 24.6 Å². The molecular formula is C17H22N2O2. The number of benzene rings is 1. The van der Waals surface area contributed by atoms with Crippen LogP contribution in [0.1, 0.15) is 16.8 Å². The van der Waals surface area contributed by atoms with Crippen molar-refractivity contribution in [2.45, 2.75) is 20.1 Å². The largest absolute Gasteiger partial charge is 0.487 e. The van der Waals surface area contributed by atoms with Gasteiger partial charge in [0.15, 0.2) is 0 Å². The molecule has 1 heterocycles. The maximum atomic E-state index is 5.98. The van der Waals surface area contributed by atoms with E-state index in [1.807, 2.05) is 18.2 Å². The van der Waals surface area contributed by atoms with Crippen molar-refractivity contribution in [1.29, 1.82) is 0 Å². The third-order valence-electron chi connectivity index (χ3n) is 3.18. The summed E-state index contributed by atoms with van der Waals surface area (Å²) in [6.45, 7) is 4.84. The number of nitrogens with zero attached hydrogens (tertiary/aromatic N) is 1. The standard InChI is InChI=1S/C17H22N2O2/c1-14-6-5-7-15(12-18-10-11-20-2)17(14)21-13-16-8-3-4-9-19-16/h3-9,18H,10-13H2,1-2H3. The average Bonchev–Trinajstić information content (AvgIpc) is 2.52. The molecule has 2 rings (SSSR count). The molecule has 0 aliphatic heterocycles. The minimum Gasteiger partial charge on any atom is -0.487 e. The Morgan fingerprint density at radius 2 is 2.05 bits per heavy atom. The number of aryl methyl sites for hydroxylation is 1. The molecule has 0 radical (unpaired) electrons. The highest BCUT2D eigenvalue weighted by atomic mass is 16.5. The summed E-state index contributed by atoms with van der Waals surface area (Å²) >= 11 is 0. The Morgan fingerprint density at radius 3 is 2.81 bits per heavy atom. The van der Waals surface area contributed by atoms with Crippen LogP contribution in [0.4, 0.5) is 0 Å². The Morgan fingerprint density at radius 1 is 1.14 bits per heavy atom. The normalized spacial score (nSPS) is 10.6. The number of para-hydroxylation sites is 1. The number of methoxy groups -OCH3 is 1. The van der Waals surface area contributed by atoms with E-state index in [1.165, 1.54) is 0 Å². The second-order valence-electron chi connectivity index (χ2n) is 4.84. The Labute approximate surface area is 126 Å². The summed E-state index contributed by atoms with van der Waals surface area (Å²) < 4.78 is 11.0. The molecule has 21 heavy (non-hydrogen) atoms. The Hall–Kier alpha value is -1.91. The highest BCUT2D eigenvalue weighted by Crippen LogP contribution is 2.24. The molecule has 0 saturated heterocycles. The number of aromatic nitrogens is 1. The van der Waals surface area contributed by atoms with E-state index in [4.69, 9.17) is 9.47 Å². The summed E-state index contributed by atoms with van der Waals surface area (Å²) in [5.41, 5.74) is 3.22. The number of hydrogen-bond donors (Lipinski definition) is 1. The van der Waals surface area contributed by atoms with Crippen LogP contribution in [0.15, 0.2) is 42.6 Å². The monoisotopic (exact) mass is 286 g/mol. The van der Waals surface area contributed by atoms with Crippen LogP contribution in [0.3, 0.4) is 0 Å². The summed E-state index contributed by atoms with van der Waals surface area (Å²) in [6.07, 6.45) is 1.78. The number of nitrogens with one attached hydrogen (secondary N) is 1. The molecule has 0 amide bonds. The van der Waals surface area contributed by atoms with E-state index in [0.29, 0.717) is 13.2 Å². The maximum absolute atomic E-state index is 5.98. The molecule has 1 N–H and O–H groups in total. The summed E-state index contributed by atoms with van der Waals surface area (Å²) in [6, 6.07) is 12.0. The van der Waals surface area contributed by atoms with Crippen molar-refractivity contribution in [3.05, 3.63) is 59.4 Å². The van der Waals surface area contributed by atoms with Crippen LogP contribution < -0.4 is 10.1 Å². The smallest absolute Gasteiger partial charge is 0.130 e. The number of pyridine rings is 1. The van der Waals surface area contributed by atoms with Gasteiger partial charge < -0.3 is 14.8 Å². The van der Waals surface area contributed by atoms with E-state index in [-0.39, 0.29) is 0 Å². The zero-order chi connectivity index (χ0) is 14.9. The van der Waals surface area contributed by atoms with E-state index in [1.54, 1.807) is 13.3 Å². The van der Waals surface area contributed by atoms with Crippen LogP contribution in [-0.2, 0) is 17.9 Å². The maximum Gasteiger partial charge on any atom is 0.130 e. The first-order chi connectivity index (χ1) is 10.3. The van der Waals surface area contributed by atoms with Crippen molar-refractivity contribution in [3.8, 4) is 5.75 Å². The van der Waals surface area contributed by atoms with E-state index < -0.39 is 0 Å². The van der Waals surface area contributed by atoms with Crippen molar-refractivity contribution in [2.24, 2.45) is 0 Å². The molecular weight excluding hydrogens is 264 g/mol. The van der Waals surface area contributed by atoms with Gasteiger partial charge in [-0.3, -0.25) is 4.98 Å². The van der Waals surface area contributed by atoms with Crippen LogP contribution >= 0.6 is 0 Å². The van der Waals surface area contributed by atoms with Gasteiger partial charge in [0.1, 0.15) is 12.4 Å². The molecule has 0 bridgehead atoms. The highest BCUT2D eigenvalue weighted by molar-refractivity contribution is 5.40. The van der Waals surface area contributed by atoms with Crippen molar-refractivity contribution < 1.29 is 9.47 Å². The lowest BCUT2D eigenvalue weighted by atomic mass is 10.1. The molecule has 0 unspecified atom stereocenters. The van der Waals surface area contributed by atoms with Gasteiger partial charge in [-0.15, -0.1) is 0 Å². The van der Waals surface area contributed by atoms with Crippen LogP contribution in [0.2, 0.25) is 0 Å². The molecule has 0 saturated carbocycles. The predicted octanol–water partition coefficient (Wildman–Crippen LogP) is 2.71. The zero-order valence-corrected chi connectivity index (χ0v) is 12.6. The van der Waals surface area contributed by atoms with Gasteiger partial charge in [-0.25, -0.2) is 0 Å². The third-order valence-corrected chi connectivity index (χ3v) is 3.18. The minimum absolute atomic E-state index is 0.483. The molecule has 1 aromatic heterocycles. The van der Waals surface area contributed by atoms with Gasteiger partial charge in [0.25, 0.3) is 0 Å². The minimum atomic E-state index is 0.483. The molecule has 2 aromatic rings. The SMILES string of the molecule is COCCNCc1cccc(C)c1OCc1ccccn1. The fourth-order valence-corrected chi connectivity index (χ4v) is 2.09. The Bertz CT molecular complexity index is 544. The van der Waals surface area contributed by atoms with Gasteiger partial charge in [-0.2, -0.15) is 0 Å². The Kier molecular flexibility index (Phi) is 6.19. The lowest BCUT2D eigenvalue weighted by Gasteiger charge is -2.14. The van der Waals surface area contributed by atoms with Crippen LogP contribution in [-0.4, -0.2) is 25.2 Å². The van der Waals surface area contributed by atoms with Gasteiger partial charge >= 0.3 is 0 Å². The lowest BCUT2D eigenvalue weighted by molar-refractivity contribution is 0.199. The lowest BCUT2D eigenvalue weighted by Crippen LogP contribution is -2.19. The van der Waals surface area contributed by atoms with Crippen LogP contribution in [0, 0.1) is 6.92 Å². The van der Waals surface area contributed by atoms with E-state index >= 15 is 0 Å². The molecule has 0 atom stereocenters. The van der Waals surface area contributed by atoms with Gasteiger partial charge in [0, 0.05) is 32.0 Å². The van der Waals surface area contributed by atoms with Gasteiger partial charge in [0.05, 0.1) is 12.3 Å². The van der Waals surface area contributed by atoms with E-state index in [2.05, 4.69) is 35.4 Å². The van der Waals surface area contributed by atoms with E-state index in [0.717, 1.165) is 35.7 Å². The second kappa shape index (κ2) is 8.39. The molecule has 112 valence electrons. The topological polar surface area (TPSA) is 43.4 Å². The summed E-state index contributed by atoms with van der Waals surface area (Å²) in [7, 11) is 1.70. The van der Waals surface area contributed by atoms with Crippen molar-refractivity contribution in [3.63, 3.8) is 0 Å². The van der Waals surface area contributed by atoms with Crippen molar-refractivity contribution in [1.82, 2.24) is 10.3 Å². The van der Waals surface area contributed by atoms with E-state index in [9.17, 15) is 0 Å². The summed E-state index contributed by atoms with van der Waals surface area (Å²) in [5, 5.41) is 3.35. The molecule has 4 heteroatoms. The fourth-order valence-electron chi connectivity index (χ4n) is 2.09. The number of ether oxygens (including phenoxy) is 2.